The van der Waals surface area contributed by atoms with E-state index in [9.17, 15) is 4.79 Å². The van der Waals surface area contributed by atoms with Gasteiger partial charge in [-0.2, -0.15) is 13.9 Å². The van der Waals surface area contributed by atoms with Crippen LogP contribution in [-0.4, -0.2) is 18.8 Å². The molecule has 30 heavy (non-hydrogen) atoms. The molecule has 0 bridgehead atoms. The van der Waals surface area contributed by atoms with Gasteiger partial charge in [0.15, 0.2) is 0 Å². The highest BCUT2D eigenvalue weighted by molar-refractivity contribution is 5.71. The van der Waals surface area contributed by atoms with Crippen LogP contribution in [0.5, 0.6) is 11.5 Å². The first-order chi connectivity index (χ1) is 14.0. The van der Waals surface area contributed by atoms with Crippen LogP contribution in [0.15, 0.2) is 59.4 Å². The minimum absolute atomic E-state index is 0. The van der Waals surface area contributed by atoms with Crippen molar-refractivity contribution in [3.63, 3.8) is 0 Å². The maximum absolute atomic E-state index is 12.6. The molecule has 0 fully saturated rings. The third-order valence-electron chi connectivity index (χ3n) is 4.77. The molecule has 1 aromatic heterocycles. The van der Waals surface area contributed by atoms with Crippen molar-refractivity contribution >= 4 is 24.3 Å². The normalized spacial score (nSPS) is 10.9. The zero-order chi connectivity index (χ0) is 20.8. The van der Waals surface area contributed by atoms with E-state index in [1.165, 1.54) is 0 Å². The van der Waals surface area contributed by atoms with Crippen LogP contribution in [-0.2, 0) is 14.1 Å². The number of benzene rings is 2. The molecule has 0 saturated carbocycles. The largest absolute Gasteiger partial charge is 1.00 e. The van der Waals surface area contributed by atoms with Crippen molar-refractivity contribution in [2.24, 2.45) is 14.1 Å². The Kier molecular flexibility index (Phi) is 8.01. The second-order valence-electron chi connectivity index (χ2n) is 6.61. The molecule has 0 aliphatic rings. The highest BCUT2D eigenvalue weighted by Crippen LogP contribution is 2.15. The van der Waals surface area contributed by atoms with Gasteiger partial charge in [-0.25, -0.2) is 0 Å². The maximum Gasteiger partial charge on any atom is 0.498 e. The Morgan fingerprint density at radius 3 is 1.73 bits per heavy atom. The van der Waals surface area contributed by atoms with E-state index in [1.54, 1.807) is 37.4 Å². The second kappa shape index (κ2) is 10.5. The quantitative estimate of drug-likeness (QED) is 0.543. The fraction of sp³-hybridized carbons (Fsp3) is 0.167. The van der Waals surface area contributed by atoms with Crippen LogP contribution < -0.4 is 32.1 Å². The minimum atomic E-state index is -0.0868. The Hall–Kier alpha value is -3.31. The van der Waals surface area contributed by atoms with Gasteiger partial charge >= 0.3 is 5.69 Å². The fourth-order valence-electron chi connectivity index (χ4n) is 2.90. The molecule has 0 aliphatic carbocycles. The van der Waals surface area contributed by atoms with E-state index in [4.69, 9.17) is 9.47 Å². The number of ether oxygens (including phenoxy) is 2. The van der Waals surface area contributed by atoms with Crippen molar-refractivity contribution < 1.29 is 26.4 Å². The molecule has 0 radical (unpaired) electrons. The van der Waals surface area contributed by atoms with Gasteiger partial charge in [-0.05, 0) is 47.5 Å². The first-order valence-corrected chi connectivity index (χ1v) is 9.26. The number of rotatable bonds is 6. The Labute approximate surface area is 182 Å². The van der Waals surface area contributed by atoms with Crippen molar-refractivity contribution in [2.45, 2.75) is 0 Å². The van der Waals surface area contributed by atoms with Gasteiger partial charge in [-0.3, -0.25) is 0 Å². The second-order valence-corrected chi connectivity index (χ2v) is 6.61. The molecular weight excluding hydrogens is 400 g/mol. The van der Waals surface area contributed by atoms with Crippen molar-refractivity contribution in [1.29, 1.82) is 0 Å². The zero-order valence-electron chi connectivity index (χ0n) is 17.5. The standard InChI is InChI=1S/C24H25N2O3.ClH/c1-25-20(11-5-18-7-13-22(28-3)14-8-18)17-21(26(2)24(25)27)12-6-19-9-15-23(29-4)16-10-19;/h5-17H,1-4H3;1H/q+1;/p-1/b11-5+,12-6+;. The Balaban J connectivity index is 0.00000320. The summed E-state index contributed by atoms with van der Waals surface area (Å²) in [6, 6.07) is 17.5. The van der Waals surface area contributed by atoms with Crippen molar-refractivity contribution in [3.8, 4) is 11.5 Å². The van der Waals surface area contributed by atoms with Gasteiger partial charge < -0.3 is 21.9 Å². The predicted octanol–water partition coefficient (Wildman–Crippen LogP) is 0.572. The van der Waals surface area contributed by atoms with E-state index < -0.39 is 0 Å². The molecule has 0 aliphatic heterocycles. The summed E-state index contributed by atoms with van der Waals surface area (Å²) in [5.41, 5.74) is 3.61. The van der Waals surface area contributed by atoms with E-state index in [0.29, 0.717) is 0 Å². The lowest BCUT2D eigenvalue weighted by Gasteiger charge is -2.03. The monoisotopic (exact) mass is 424 g/mol. The molecule has 3 rings (SSSR count). The minimum Gasteiger partial charge on any atom is -1.00 e. The van der Waals surface area contributed by atoms with E-state index >= 15 is 0 Å². The summed E-state index contributed by atoms with van der Waals surface area (Å²) in [6.45, 7) is 0. The smallest absolute Gasteiger partial charge is 0.498 e. The maximum atomic E-state index is 12.6. The number of aromatic nitrogens is 2. The van der Waals surface area contributed by atoms with Crippen LogP contribution in [0.3, 0.4) is 0 Å². The zero-order valence-corrected chi connectivity index (χ0v) is 18.3. The number of hydrogen-bond donors (Lipinski definition) is 0. The summed E-state index contributed by atoms with van der Waals surface area (Å²) in [6.07, 6.45) is 7.83. The summed E-state index contributed by atoms with van der Waals surface area (Å²) in [4.78, 5) is 12.6. The van der Waals surface area contributed by atoms with Crippen LogP contribution in [0, 0.1) is 0 Å². The molecule has 0 amide bonds. The van der Waals surface area contributed by atoms with Crippen LogP contribution >= 0.6 is 0 Å². The van der Waals surface area contributed by atoms with Crippen LogP contribution in [0.4, 0.5) is 0 Å². The van der Waals surface area contributed by atoms with Gasteiger partial charge in [-0.15, -0.1) is 0 Å². The lowest BCUT2D eigenvalue weighted by Crippen LogP contribution is -3.00. The summed E-state index contributed by atoms with van der Waals surface area (Å²) >= 11 is 0. The molecule has 156 valence electrons. The average Bonchev–Trinajstić information content (AvgIpc) is 2.77. The first kappa shape index (κ1) is 23.0. The van der Waals surface area contributed by atoms with Crippen LogP contribution in [0.1, 0.15) is 22.5 Å². The molecule has 3 aromatic rings. The van der Waals surface area contributed by atoms with Crippen LogP contribution in [0.2, 0.25) is 0 Å². The van der Waals surface area contributed by atoms with Gasteiger partial charge in [0.2, 0.25) is 0 Å². The average molecular weight is 425 g/mol. The Bertz CT molecular complexity index is 1010. The third kappa shape index (κ3) is 5.39. The van der Waals surface area contributed by atoms with Gasteiger partial charge in [0.05, 0.1) is 28.3 Å². The predicted molar refractivity (Wildman–Crippen MR) is 117 cm³/mol. The molecule has 0 spiro atoms. The lowest BCUT2D eigenvalue weighted by atomic mass is 10.1. The molecule has 0 atom stereocenters. The third-order valence-corrected chi connectivity index (χ3v) is 4.77. The van der Waals surface area contributed by atoms with E-state index in [0.717, 1.165) is 34.0 Å². The molecule has 0 saturated heterocycles. The van der Waals surface area contributed by atoms with Gasteiger partial charge in [0.25, 0.3) is 0 Å². The fourth-order valence-corrected chi connectivity index (χ4v) is 2.90. The summed E-state index contributed by atoms with van der Waals surface area (Å²) in [7, 11) is 6.83. The summed E-state index contributed by atoms with van der Waals surface area (Å²) < 4.78 is 13.6. The van der Waals surface area contributed by atoms with Gasteiger partial charge in [0, 0.05) is 6.07 Å². The number of methoxy groups -OCH3 is 2. The molecule has 6 heteroatoms. The number of nitrogens with zero attached hydrogens (tertiary/aromatic N) is 2. The van der Waals surface area contributed by atoms with Crippen molar-refractivity contribution in [1.82, 2.24) is 4.57 Å². The molecule has 0 N–H and O–H groups in total. The number of halogens is 1. The lowest BCUT2D eigenvalue weighted by molar-refractivity contribution is -0.692. The van der Waals surface area contributed by atoms with Gasteiger partial charge in [0.1, 0.15) is 22.9 Å². The first-order valence-electron chi connectivity index (χ1n) is 9.26. The molecule has 1 heterocycles. The van der Waals surface area contributed by atoms with Gasteiger partial charge in [-0.1, -0.05) is 36.4 Å². The molecule has 2 aromatic carbocycles. The molecule has 0 unspecified atom stereocenters. The van der Waals surface area contributed by atoms with Crippen molar-refractivity contribution in [3.05, 3.63) is 87.6 Å². The number of hydrogen-bond acceptors (Lipinski definition) is 3. The Morgan fingerprint density at radius 2 is 1.27 bits per heavy atom. The summed E-state index contributed by atoms with van der Waals surface area (Å²) in [5.74, 6) is 1.62. The van der Waals surface area contributed by atoms with E-state index in [-0.39, 0.29) is 18.1 Å². The van der Waals surface area contributed by atoms with Crippen LogP contribution in [0.25, 0.3) is 24.3 Å². The van der Waals surface area contributed by atoms with E-state index in [1.807, 2.05) is 78.9 Å². The highest BCUT2D eigenvalue weighted by atomic mass is 35.5. The SMILES string of the molecule is COc1ccc(/C=C/c2cc(/C=C/c3ccc(OC)cc3)[n+](C)c(=O)n2C)cc1.[Cl-]. The Morgan fingerprint density at radius 1 is 0.800 bits per heavy atom. The summed E-state index contributed by atoms with van der Waals surface area (Å²) in [5, 5.41) is 0. The van der Waals surface area contributed by atoms with E-state index in [2.05, 4.69) is 0 Å². The topological polar surface area (TPSA) is 44.3 Å². The molecular formula is C24H25ClN2O3. The molecule has 5 nitrogen and oxygen atoms in total. The van der Waals surface area contributed by atoms with Crippen molar-refractivity contribution in [2.75, 3.05) is 14.2 Å². The highest BCUT2D eigenvalue weighted by Gasteiger charge is 2.12.